The Morgan fingerprint density at radius 1 is 1.15 bits per heavy atom. The highest BCUT2D eigenvalue weighted by atomic mass is 16.7. The summed E-state index contributed by atoms with van der Waals surface area (Å²) in [5.41, 5.74) is 0.0372. The standard InChI is InChI=1S/C32H41NO6/c1-17-11-9-10-12-23(17)33(8)28(35)38-26-18(2)15-31-19(3)13-22-24(29(22,4)5)21(25(31)34)14-20-16-37-30(6,7)39-27(20)32(26,31)36/h9-12,14-15,19,21-22,24,26-27,36H,13,16H2,1-8H3/t19-,21+,22-,24+,26+,27-,31+,32-/m1/s1. The van der Waals surface area contributed by atoms with E-state index in [2.05, 4.69) is 20.8 Å². The molecule has 6 rings (SSSR count). The SMILES string of the molecule is CC1=C[C@]23C(=O)[C@@H](C=C4COC(C)(C)O[C@H]4[C@]2(O)[C@H]1OC(=O)N(C)c1ccccc1C)[C@H]1[C@@H](C[C@H]3C)C1(C)C. The average Bonchev–Trinajstić information content (AvgIpc) is 3.36. The van der Waals surface area contributed by atoms with Crippen LogP contribution in [0, 0.1) is 41.4 Å². The van der Waals surface area contributed by atoms with Crippen molar-refractivity contribution in [2.75, 3.05) is 18.6 Å². The van der Waals surface area contributed by atoms with E-state index < -0.39 is 35.1 Å². The number of fused-ring (bicyclic) bond motifs is 5. The highest BCUT2D eigenvalue weighted by Crippen LogP contribution is 2.72. The lowest BCUT2D eigenvalue weighted by Gasteiger charge is -2.52. The Balaban J connectivity index is 1.48. The number of benzene rings is 1. The molecule has 1 saturated heterocycles. The van der Waals surface area contributed by atoms with E-state index >= 15 is 0 Å². The van der Waals surface area contributed by atoms with Crippen LogP contribution in [0.25, 0.3) is 0 Å². The van der Waals surface area contributed by atoms with Gasteiger partial charge in [-0.15, -0.1) is 0 Å². The molecular weight excluding hydrogens is 494 g/mol. The fraction of sp³-hybridized carbons (Fsp3) is 0.625. The van der Waals surface area contributed by atoms with Crippen molar-refractivity contribution in [1.82, 2.24) is 0 Å². The van der Waals surface area contributed by atoms with Crippen LogP contribution in [0.5, 0.6) is 0 Å². The third-order valence-electron chi connectivity index (χ3n) is 10.6. The van der Waals surface area contributed by atoms with Gasteiger partial charge < -0.3 is 19.3 Å². The number of ketones is 1. The maximum absolute atomic E-state index is 14.8. The molecule has 1 aromatic rings. The lowest BCUT2D eigenvalue weighted by molar-refractivity contribution is -0.302. The first-order valence-corrected chi connectivity index (χ1v) is 14.1. The summed E-state index contributed by atoms with van der Waals surface area (Å²) in [6.45, 7) is 14.2. The molecule has 0 unspecified atom stereocenters. The minimum absolute atomic E-state index is 0.00374. The Morgan fingerprint density at radius 2 is 1.85 bits per heavy atom. The minimum atomic E-state index is -1.82. The van der Waals surface area contributed by atoms with E-state index in [0.717, 1.165) is 23.2 Å². The number of aryl methyl sites for hydroxylation is 1. The number of carbonyl (C=O) groups is 2. The molecule has 1 amide bonds. The quantitative estimate of drug-likeness (QED) is 0.524. The van der Waals surface area contributed by atoms with Crippen LogP contribution in [0.3, 0.4) is 0 Å². The van der Waals surface area contributed by atoms with Crippen molar-refractivity contribution in [2.24, 2.45) is 34.5 Å². The number of carbonyl (C=O) groups excluding carboxylic acids is 2. The monoisotopic (exact) mass is 535 g/mol. The normalized spacial score (nSPS) is 41.1. The molecular formula is C32H41NO6. The molecule has 0 aromatic heterocycles. The van der Waals surface area contributed by atoms with Crippen LogP contribution in [0.2, 0.25) is 0 Å². The molecule has 3 fully saturated rings. The summed E-state index contributed by atoms with van der Waals surface area (Å²) in [5.74, 6) is -0.941. The van der Waals surface area contributed by atoms with Crippen molar-refractivity contribution in [3.63, 3.8) is 0 Å². The summed E-state index contributed by atoms with van der Waals surface area (Å²) in [6.07, 6.45) is 2.22. The van der Waals surface area contributed by atoms with Gasteiger partial charge in [-0.3, -0.25) is 9.69 Å². The number of para-hydroxylation sites is 1. The molecule has 39 heavy (non-hydrogen) atoms. The molecule has 4 aliphatic carbocycles. The average molecular weight is 536 g/mol. The molecule has 1 spiro atoms. The van der Waals surface area contributed by atoms with Gasteiger partial charge in [0.15, 0.2) is 23.3 Å². The van der Waals surface area contributed by atoms with Crippen LogP contribution in [0.15, 0.2) is 47.6 Å². The van der Waals surface area contributed by atoms with E-state index in [0.29, 0.717) is 11.5 Å². The Morgan fingerprint density at radius 3 is 2.54 bits per heavy atom. The highest BCUT2D eigenvalue weighted by molar-refractivity contribution is 5.96. The number of ether oxygens (including phenoxy) is 3. The number of rotatable bonds is 2. The van der Waals surface area contributed by atoms with Gasteiger partial charge in [0.25, 0.3) is 0 Å². The summed E-state index contributed by atoms with van der Waals surface area (Å²) in [6, 6.07) is 7.57. The summed E-state index contributed by atoms with van der Waals surface area (Å²) in [7, 11) is 1.66. The highest BCUT2D eigenvalue weighted by Gasteiger charge is 2.77. The molecule has 2 saturated carbocycles. The third kappa shape index (κ3) is 3.45. The van der Waals surface area contributed by atoms with E-state index in [1.54, 1.807) is 7.05 Å². The lowest BCUT2D eigenvalue weighted by Crippen LogP contribution is -2.68. The number of hydrogen-bond acceptors (Lipinski definition) is 6. The van der Waals surface area contributed by atoms with E-state index in [1.807, 2.05) is 64.1 Å². The first kappa shape index (κ1) is 26.7. The molecule has 1 aliphatic heterocycles. The summed E-state index contributed by atoms with van der Waals surface area (Å²) >= 11 is 0. The van der Waals surface area contributed by atoms with Gasteiger partial charge in [-0.2, -0.15) is 0 Å². The second kappa shape index (κ2) is 8.27. The maximum atomic E-state index is 14.8. The largest absolute Gasteiger partial charge is 0.438 e. The number of nitrogens with zero attached hydrogens (tertiary/aromatic N) is 1. The van der Waals surface area contributed by atoms with Crippen LogP contribution in [-0.4, -0.2) is 54.2 Å². The summed E-state index contributed by atoms with van der Waals surface area (Å²) in [5, 5.41) is 13.1. The molecule has 5 aliphatic rings. The zero-order valence-electron chi connectivity index (χ0n) is 24.3. The molecule has 8 atom stereocenters. The van der Waals surface area contributed by atoms with Crippen LogP contribution in [0.4, 0.5) is 10.5 Å². The second-order valence-corrected chi connectivity index (χ2v) is 13.6. The summed E-state index contributed by atoms with van der Waals surface area (Å²) < 4.78 is 18.8. The number of anilines is 1. The zero-order valence-corrected chi connectivity index (χ0v) is 24.3. The number of aliphatic hydroxyl groups is 1. The van der Waals surface area contributed by atoms with E-state index in [4.69, 9.17) is 14.2 Å². The van der Waals surface area contributed by atoms with Gasteiger partial charge in [0.1, 0.15) is 6.10 Å². The second-order valence-electron chi connectivity index (χ2n) is 13.6. The fourth-order valence-electron chi connectivity index (χ4n) is 8.52. The minimum Gasteiger partial charge on any atom is -0.438 e. The molecule has 0 radical (unpaired) electrons. The number of amides is 1. The van der Waals surface area contributed by atoms with Crippen molar-refractivity contribution in [1.29, 1.82) is 0 Å². The smallest absolute Gasteiger partial charge is 0.414 e. The van der Waals surface area contributed by atoms with Gasteiger partial charge >= 0.3 is 6.09 Å². The molecule has 210 valence electrons. The maximum Gasteiger partial charge on any atom is 0.414 e. The van der Waals surface area contributed by atoms with E-state index in [-0.39, 0.29) is 35.6 Å². The van der Waals surface area contributed by atoms with E-state index in [9.17, 15) is 14.7 Å². The van der Waals surface area contributed by atoms with Crippen molar-refractivity contribution >= 4 is 17.6 Å². The predicted molar refractivity (Wildman–Crippen MR) is 147 cm³/mol. The Bertz CT molecular complexity index is 1310. The Labute approximate surface area is 231 Å². The number of hydrogen-bond donors (Lipinski definition) is 1. The number of allylic oxidation sites excluding steroid dienone is 1. The van der Waals surface area contributed by atoms with Gasteiger partial charge in [-0.05, 0) is 80.1 Å². The van der Waals surface area contributed by atoms with Gasteiger partial charge in [0.2, 0.25) is 0 Å². The van der Waals surface area contributed by atoms with Gasteiger partial charge in [0, 0.05) is 18.7 Å². The topological polar surface area (TPSA) is 85.3 Å². The van der Waals surface area contributed by atoms with Gasteiger partial charge in [0.05, 0.1) is 12.0 Å². The molecule has 7 heteroatoms. The molecule has 1 heterocycles. The van der Waals surface area contributed by atoms with Crippen LogP contribution >= 0.6 is 0 Å². The first-order chi connectivity index (χ1) is 18.2. The van der Waals surface area contributed by atoms with Crippen molar-refractivity contribution < 1.29 is 28.9 Å². The fourth-order valence-corrected chi connectivity index (χ4v) is 8.52. The molecule has 1 N–H and O–H groups in total. The molecule has 7 nitrogen and oxygen atoms in total. The van der Waals surface area contributed by atoms with Crippen LogP contribution in [-0.2, 0) is 19.0 Å². The van der Waals surface area contributed by atoms with Crippen molar-refractivity contribution in [3.8, 4) is 0 Å². The van der Waals surface area contributed by atoms with Crippen LogP contribution in [0.1, 0.15) is 53.5 Å². The lowest BCUT2D eigenvalue weighted by atomic mass is 9.59. The van der Waals surface area contributed by atoms with E-state index in [1.165, 1.54) is 4.90 Å². The zero-order chi connectivity index (χ0) is 28.3. The Hall–Kier alpha value is -2.48. The molecule has 2 bridgehead atoms. The van der Waals surface area contributed by atoms with Crippen molar-refractivity contribution in [3.05, 3.63) is 53.1 Å². The third-order valence-corrected chi connectivity index (χ3v) is 10.6. The Kier molecular flexibility index (Phi) is 5.67. The predicted octanol–water partition coefficient (Wildman–Crippen LogP) is 5.20. The molecule has 1 aromatic carbocycles. The van der Waals surface area contributed by atoms with Crippen molar-refractivity contribution in [2.45, 2.75) is 78.5 Å². The van der Waals surface area contributed by atoms with Crippen LogP contribution < -0.4 is 4.90 Å². The van der Waals surface area contributed by atoms with Gasteiger partial charge in [-0.1, -0.05) is 51.1 Å². The number of Topliss-reactive ketones (excluding diaryl/α,β-unsaturated/α-hetero) is 1. The first-order valence-electron chi connectivity index (χ1n) is 14.1. The van der Waals surface area contributed by atoms with Gasteiger partial charge in [-0.25, -0.2) is 4.79 Å². The summed E-state index contributed by atoms with van der Waals surface area (Å²) in [4.78, 5) is 29.9.